The maximum absolute atomic E-state index is 5.51. The second kappa shape index (κ2) is 6.43. The summed E-state index contributed by atoms with van der Waals surface area (Å²) in [5.41, 5.74) is 0. The van der Waals surface area contributed by atoms with Crippen molar-refractivity contribution in [2.45, 2.75) is 25.7 Å². The van der Waals surface area contributed by atoms with E-state index >= 15 is 0 Å². The van der Waals surface area contributed by atoms with Crippen LogP contribution in [-0.4, -0.2) is 29.7 Å². The smallest absolute Gasteiger partial charge is 0.232 e. The molecule has 0 spiro atoms. The molecule has 0 radical (unpaired) electrons. The Labute approximate surface area is 96.4 Å². The van der Waals surface area contributed by atoms with Crippen LogP contribution in [0.2, 0.25) is 0 Å². The second-order valence-electron chi connectivity index (χ2n) is 4.23. The van der Waals surface area contributed by atoms with Gasteiger partial charge in [0.15, 0.2) is 0 Å². The maximum Gasteiger partial charge on any atom is 0.232 e. The monoisotopic (exact) mass is 221 g/mol. The van der Waals surface area contributed by atoms with E-state index in [2.05, 4.69) is 15.3 Å². The van der Waals surface area contributed by atoms with Crippen molar-refractivity contribution < 1.29 is 4.74 Å². The molecule has 0 aromatic carbocycles. The number of nitrogens with zero attached hydrogens (tertiary/aromatic N) is 2. The van der Waals surface area contributed by atoms with Gasteiger partial charge in [0, 0.05) is 12.4 Å². The largest absolute Gasteiger partial charge is 0.477 e. The molecule has 1 aromatic heterocycles. The van der Waals surface area contributed by atoms with Gasteiger partial charge in [0.1, 0.15) is 0 Å². The Hall–Kier alpha value is -1.16. The molecule has 88 valence electrons. The lowest BCUT2D eigenvalue weighted by Gasteiger charge is -2.22. The van der Waals surface area contributed by atoms with Gasteiger partial charge in [-0.15, -0.1) is 0 Å². The zero-order valence-corrected chi connectivity index (χ0v) is 9.56. The first-order valence-electron chi connectivity index (χ1n) is 6.04. The van der Waals surface area contributed by atoms with Gasteiger partial charge in [-0.3, -0.25) is 4.98 Å². The highest BCUT2D eigenvalue weighted by Gasteiger charge is 2.12. The average Bonchev–Trinajstić information content (AvgIpc) is 2.37. The van der Waals surface area contributed by atoms with Gasteiger partial charge in [-0.1, -0.05) is 0 Å². The lowest BCUT2D eigenvalue weighted by atomic mass is 9.93. The molecule has 4 nitrogen and oxygen atoms in total. The highest BCUT2D eigenvalue weighted by Crippen LogP contribution is 2.17. The van der Waals surface area contributed by atoms with Gasteiger partial charge >= 0.3 is 0 Å². The van der Waals surface area contributed by atoms with Crippen LogP contribution in [0.4, 0.5) is 0 Å². The molecule has 0 amide bonds. The number of rotatable bonds is 5. The van der Waals surface area contributed by atoms with E-state index in [0.29, 0.717) is 5.88 Å². The third kappa shape index (κ3) is 3.77. The molecule has 1 aliphatic rings. The van der Waals surface area contributed by atoms with Gasteiger partial charge in [-0.05, 0) is 44.7 Å². The van der Waals surface area contributed by atoms with Crippen LogP contribution < -0.4 is 10.1 Å². The van der Waals surface area contributed by atoms with Crippen LogP contribution in [0.25, 0.3) is 0 Å². The maximum atomic E-state index is 5.51. The lowest BCUT2D eigenvalue weighted by molar-refractivity contribution is 0.266. The number of nitrogens with one attached hydrogen (secondary N) is 1. The molecule has 16 heavy (non-hydrogen) atoms. The first-order valence-corrected chi connectivity index (χ1v) is 6.04. The quantitative estimate of drug-likeness (QED) is 0.768. The molecule has 2 rings (SSSR count). The molecule has 4 heteroatoms. The van der Waals surface area contributed by atoms with Crippen molar-refractivity contribution >= 4 is 0 Å². The predicted octanol–water partition coefficient (Wildman–Crippen LogP) is 1.64. The average molecular weight is 221 g/mol. The van der Waals surface area contributed by atoms with Gasteiger partial charge in [-0.2, -0.15) is 0 Å². The van der Waals surface area contributed by atoms with Crippen molar-refractivity contribution in [3.8, 4) is 5.88 Å². The molecule has 0 unspecified atom stereocenters. The van der Waals surface area contributed by atoms with Crippen molar-refractivity contribution in [2.75, 3.05) is 19.7 Å². The van der Waals surface area contributed by atoms with Crippen LogP contribution in [0, 0.1) is 5.92 Å². The Morgan fingerprint density at radius 2 is 2.19 bits per heavy atom. The van der Waals surface area contributed by atoms with Crippen LogP contribution in [0.5, 0.6) is 5.88 Å². The van der Waals surface area contributed by atoms with Gasteiger partial charge in [0.05, 0.1) is 12.8 Å². The third-order valence-corrected chi connectivity index (χ3v) is 3.00. The minimum Gasteiger partial charge on any atom is -0.477 e. The summed E-state index contributed by atoms with van der Waals surface area (Å²) in [4.78, 5) is 8.03. The van der Waals surface area contributed by atoms with Crippen LogP contribution in [-0.2, 0) is 0 Å². The molecule has 1 N–H and O–H groups in total. The summed E-state index contributed by atoms with van der Waals surface area (Å²) in [5.74, 6) is 1.51. The van der Waals surface area contributed by atoms with Crippen molar-refractivity contribution in [3.05, 3.63) is 18.6 Å². The lowest BCUT2D eigenvalue weighted by Crippen LogP contribution is -2.27. The zero-order valence-electron chi connectivity index (χ0n) is 9.56. The van der Waals surface area contributed by atoms with Crippen molar-refractivity contribution in [3.63, 3.8) is 0 Å². The molecule has 1 saturated heterocycles. The molecule has 0 atom stereocenters. The summed E-state index contributed by atoms with van der Waals surface area (Å²) in [6, 6.07) is 0. The van der Waals surface area contributed by atoms with Gasteiger partial charge < -0.3 is 10.1 Å². The summed E-state index contributed by atoms with van der Waals surface area (Å²) in [6.07, 6.45) is 9.97. The van der Waals surface area contributed by atoms with E-state index in [4.69, 9.17) is 4.74 Å². The Kier molecular flexibility index (Phi) is 4.55. The third-order valence-electron chi connectivity index (χ3n) is 3.00. The summed E-state index contributed by atoms with van der Waals surface area (Å²) in [6.45, 7) is 3.11. The Bertz CT molecular complexity index is 286. The van der Waals surface area contributed by atoms with Crippen LogP contribution in [0.15, 0.2) is 18.6 Å². The highest BCUT2D eigenvalue weighted by atomic mass is 16.5. The Morgan fingerprint density at radius 1 is 1.31 bits per heavy atom. The molecule has 0 bridgehead atoms. The predicted molar refractivity (Wildman–Crippen MR) is 62.4 cm³/mol. The van der Waals surface area contributed by atoms with Crippen molar-refractivity contribution in [2.24, 2.45) is 5.92 Å². The zero-order chi connectivity index (χ0) is 11.1. The summed E-state index contributed by atoms with van der Waals surface area (Å²) in [5, 5.41) is 3.38. The van der Waals surface area contributed by atoms with Gasteiger partial charge in [0.2, 0.25) is 5.88 Å². The Morgan fingerprint density at radius 3 is 2.94 bits per heavy atom. The first kappa shape index (κ1) is 11.3. The minimum atomic E-state index is 0.632. The SMILES string of the molecule is c1cnc(OCCCC2CCNCC2)cn1. The van der Waals surface area contributed by atoms with E-state index < -0.39 is 0 Å². The molecule has 0 aliphatic carbocycles. The standard InChI is InChI=1S/C12H19N3O/c1(2-11-3-5-13-6-4-11)9-16-12-10-14-7-8-15-12/h7-8,10-11,13H,1-6,9H2. The minimum absolute atomic E-state index is 0.632. The summed E-state index contributed by atoms with van der Waals surface area (Å²) in [7, 11) is 0. The van der Waals surface area contributed by atoms with Gasteiger partial charge in [-0.25, -0.2) is 4.98 Å². The van der Waals surface area contributed by atoms with Gasteiger partial charge in [0.25, 0.3) is 0 Å². The molecule has 1 aromatic rings. The van der Waals surface area contributed by atoms with Crippen LogP contribution in [0.1, 0.15) is 25.7 Å². The van der Waals surface area contributed by atoms with E-state index in [1.807, 2.05) is 0 Å². The van der Waals surface area contributed by atoms with Crippen molar-refractivity contribution in [1.82, 2.24) is 15.3 Å². The van der Waals surface area contributed by atoms with Crippen LogP contribution in [0.3, 0.4) is 0 Å². The van der Waals surface area contributed by atoms with E-state index in [1.165, 1.54) is 32.4 Å². The normalized spacial score (nSPS) is 17.2. The number of aromatic nitrogens is 2. The van der Waals surface area contributed by atoms with Crippen LogP contribution >= 0.6 is 0 Å². The number of hydrogen-bond acceptors (Lipinski definition) is 4. The molecular weight excluding hydrogens is 202 g/mol. The fourth-order valence-corrected chi connectivity index (χ4v) is 2.08. The molecular formula is C12H19N3O. The van der Waals surface area contributed by atoms with E-state index in [9.17, 15) is 0 Å². The fraction of sp³-hybridized carbons (Fsp3) is 0.667. The Balaban J connectivity index is 1.58. The first-order chi connectivity index (χ1) is 7.95. The molecule has 1 fully saturated rings. The number of hydrogen-bond donors (Lipinski definition) is 1. The summed E-state index contributed by atoms with van der Waals surface area (Å²) < 4.78 is 5.51. The van der Waals surface area contributed by atoms with E-state index in [-0.39, 0.29) is 0 Å². The number of ether oxygens (including phenoxy) is 1. The fourth-order valence-electron chi connectivity index (χ4n) is 2.08. The molecule has 1 aliphatic heterocycles. The van der Waals surface area contributed by atoms with Crippen molar-refractivity contribution in [1.29, 1.82) is 0 Å². The number of piperidine rings is 1. The second-order valence-corrected chi connectivity index (χ2v) is 4.23. The summed E-state index contributed by atoms with van der Waals surface area (Å²) >= 11 is 0. The van der Waals surface area contributed by atoms with E-state index in [1.54, 1.807) is 18.6 Å². The molecule has 0 saturated carbocycles. The highest BCUT2D eigenvalue weighted by molar-refractivity contribution is 5.00. The molecule has 2 heterocycles. The topological polar surface area (TPSA) is 47.0 Å². The van der Waals surface area contributed by atoms with E-state index in [0.717, 1.165) is 18.9 Å².